The van der Waals surface area contributed by atoms with Crippen LogP contribution >= 0.6 is 34.9 Å². The third-order valence-electron chi connectivity index (χ3n) is 3.47. The molecule has 0 aliphatic carbocycles. The Bertz CT molecular complexity index is 749. The van der Waals surface area contributed by atoms with Crippen LogP contribution in [0.3, 0.4) is 0 Å². The zero-order chi connectivity index (χ0) is 23.3. The molecule has 9 N–H and O–H groups in total. The van der Waals surface area contributed by atoms with Gasteiger partial charge in [-0.05, 0) is 37.9 Å². The second kappa shape index (κ2) is 21.6. The van der Waals surface area contributed by atoms with E-state index in [9.17, 15) is 0 Å². The lowest BCUT2D eigenvalue weighted by Gasteiger charge is -1.96. The molecule has 2 aromatic heterocycles. The van der Waals surface area contributed by atoms with E-state index < -0.39 is 0 Å². The summed E-state index contributed by atoms with van der Waals surface area (Å²) >= 11 is 7.17. The lowest BCUT2D eigenvalue weighted by molar-refractivity contribution is 0.669. The number of hydrogen-bond donors (Lipinski definition) is 5. The first-order valence-electron chi connectivity index (χ1n) is 9.58. The van der Waals surface area contributed by atoms with Gasteiger partial charge in [-0.3, -0.25) is 0 Å². The number of nitrogen functional groups attached to an aromatic ring is 2. The first kappa shape index (κ1) is 31.5. The van der Waals surface area contributed by atoms with E-state index >= 15 is 0 Å². The van der Waals surface area contributed by atoms with Gasteiger partial charge in [-0.2, -0.15) is 10.5 Å². The number of rotatable bonds is 10. The Morgan fingerprint density at radius 2 is 1.19 bits per heavy atom. The first-order valence-corrected chi connectivity index (χ1v) is 11.6. The van der Waals surface area contributed by atoms with E-state index in [1.807, 2.05) is 5.43 Å². The largest absolute Gasteiger partial charge is 0.375 e. The van der Waals surface area contributed by atoms with Gasteiger partial charge in [0.05, 0.1) is 12.1 Å². The molecule has 0 aliphatic rings. The fourth-order valence-electron chi connectivity index (χ4n) is 2.05. The van der Waals surface area contributed by atoms with E-state index in [4.69, 9.17) is 27.7 Å². The molecule has 0 bridgehead atoms. The summed E-state index contributed by atoms with van der Waals surface area (Å²) in [6.45, 7) is 0. The normalized spacial score (nSPS) is 8.97. The van der Waals surface area contributed by atoms with Gasteiger partial charge in [-0.15, -0.1) is 20.4 Å². The molecule has 0 spiro atoms. The van der Waals surface area contributed by atoms with Crippen LogP contribution in [-0.4, -0.2) is 25.5 Å². The Hall–Kier alpha value is -2.65. The summed E-state index contributed by atoms with van der Waals surface area (Å²) in [5, 5.41) is 35.0. The van der Waals surface area contributed by atoms with Gasteiger partial charge < -0.3 is 22.6 Å². The highest BCUT2D eigenvalue weighted by Crippen LogP contribution is 2.16. The minimum atomic E-state index is 0. The van der Waals surface area contributed by atoms with E-state index in [-0.39, 0.29) is 12.5 Å². The third kappa shape index (κ3) is 19.3. The van der Waals surface area contributed by atoms with Crippen molar-refractivity contribution < 1.29 is 0 Å². The number of hydrazine groups is 1. The number of hydrogen-bond acceptors (Lipinski definition) is 12. The summed E-state index contributed by atoms with van der Waals surface area (Å²) in [6.07, 6.45) is 9.40. The van der Waals surface area contributed by atoms with Crippen molar-refractivity contribution >= 4 is 50.3 Å². The van der Waals surface area contributed by atoms with Crippen molar-refractivity contribution in [2.75, 3.05) is 11.5 Å². The minimum absolute atomic E-state index is 0. The lowest BCUT2D eigenvalue weighted by atomic mass is 10.1. The molecule has 0 fully saturated rings. The number of aryl methyl sites for hydroxylation is 2. The molecule has 32 heavy (non-hydrogen) atoms. The standard InChI is InChI=1S/C9H14N6S2.C7H10N2.CH5N3S.CH4/c10-8-14-12-6(16-8)4-2-1-3-5-7-13-15-9(11)17-7;8-6-4-2-1-3-5-7-9;2-1(5)4-3;/h1-5H2,(H2,10,14)(H2,11,15);1-5H2;3H2,(H3,2,4,5);1H4. The van der Waals surface area contributed by atoms with Crippen LogP contribution in [0.1, 0.15) is 68.8 Å². The Morgan fingerprint density at radius 1 is 0.812 bits per heavy atom. The van der Waals surface area contributed by atoms with Gasteiger partial charge in [-0.25, -0.2) is 5.84 Å². The molecule has 14 heteroatoms. The second-order valence-electron chi connectivity index (χ2n) is 6.01. The Morgan fingerprint density at radius 3 is 1.47 bits per heavy atom. The first-order chi connectivity index (χ1) is 14.9. The smallest absolute Gasteiger partial charge is 0.203 e. The predicted octanol–water partition coefficient (Wildman–Crippen LogP) is 2.82. The monoisotopic (exact) mass is 499 g/mol. The van der Waals surface area contributed by atoms with Crippen LogP contribution in [0.5, 0.6) is 0 Å². The average Bonchev–Trinajstić information content (AvgIpc) is 3.36. The maximum atomic E-state index is 8.11. The number of thiocarbonyl (C=S) groups is 1. The number of nitrogens with two attached hydrogens (primary N) is 4. The van der Waals surface area contributed by atoms with E-state index in [1.165, 1.54) is 22.7 Å². The molecule has 2 aromatic rings. The molecule has 0 aliphatic heterocycles. The quantitative estimate of drug-likeness (QED) is 0.138. The minimum Gasteiger partial charge on any atom is -0.375 e. The van der Waals surface area contributed by atoms with Gasteiger partial charge >= 0.3 is 0 Å². The average molecular weight is 500 g/mol. The van der Waals surface area contributed by atoms with Crippen molar-refractivity contribution in [1.29, 1.82) is 10.5 Å². The highest BCUT2D eigenvalue weighted by atomic mass is 32.1. The third-order valence-corrected chi connectivity index (χ3v) is 5.21. The number of nitriles is 2. The van der Waals surface area contributed by atoms with Crippen molar-refractivity contribution in [3.63, 3.8) is 0 Å². The lowest BCUT2D eigenvalue weighted by Crippen LogP contribution is -2.34. The fourth-order valence-corrected chi connectivity index (χ4v) is 3.35. The van der Waals surface area contributed by atoms with E-state index in [2.05, 4.69) is 50.6 Å². The fraction of sp³-hybridized carbons (Fsp3) is 0.611. The van der Waals surface area contributed by atoms with Crippen LogP contribution in [0.4, 0.5) is 10.3 Å². The molecular weight excluding hydrogens is 466 g/mol. The van der Waals surface area contributed by atoms with Gasteiger partial charge in [0, 0.05) is 25.7 Å². The second-order valence-corrected chi connectivity index (χ2v) is 8.64. The van der Waals surface area contributed by atoms with Crippen molar-refractivity contribution in [3.05, 3.63) is 10.0 Å². The van der Waals surface area contributed by atoms with Gasteiger partial charge in [0.25, 0.3) is 0 Å². The van der Waals surface area contributed by atoms with Crippen molar-refractivity contribution in [3.8, 4) is 12.1 Å². The SMILES string of the molecule is C.N#CCCCCCC#N.NNC(N)=S.Nc1nnc(CCCCCc2nnc(N)s2)s1. The number of unbranched alkanes of at least 4 members (excludes halogenated alkanes) is 6. The van der Waals surface area contributed by atoms with Gasteiger partial charge in [0.15, 0.2) is 5.11 Å². The maximum Gasteiger partial charge on any atom is 0.203 e. The molecule has 0 radical (unpaired) electrons. The molecular formula is C18H33N11S3. The summed E-state index contributed by atoms with van der Waals surface area (Å²) in [5.74, 6) is 4.66. The highest BCUT2D eigenvalue weighted by Gasteiger charge is 2.02. The van der Waals surface area contributed by atoms with E-state index in [0.717, 1.165) is 61.4 Å². The number of anilines is 2. The zero-order valence-corrected chi connectivity index (χ0v) is 19.7. The molecule has 0 saturated carbocycles. The molecule has 0 amide bonds. The molecule has 11 nitrogen and oxygen atoms in total. The highest BCUT2D eigenvalue weighted by molar-refractivity contribution is 7.80. The van der Waals surface area contributed by atoms with Gasteiger partial charge in [-0.1, -0.05) is 42.9 Å². The summed E-state index contributed by atoms with van der Waals surface area (Å²) in [5.41, 5.74) is 17.8. The van der Waals surface area contributed by atoms with Crippen LogP contribution in [0, 0.1) is 22.7 Å². The van der Waals surface area contributed by atoms with Crippen molar-refractivity contribution in [2.45, 2.75) is 71.6 Å². The zero-order valence-electron chi connectivity index (χ0n) is 17.3. The Kier molecular flexibility index (Phi) is 21.3. The van der Waals surface area contributed by atoms with Crippen molar-refractivity contribution in [1.82, 2.24) is 25.8 Å². The topological polar surface area (TPSA) is 215 Å². The van der Waals surface area contributed by atoms with Gasteiger partial charge in [0.1, 0.15) is 10.0 Å². The molecule has 2 rings (SSSR count). The van der Waals surface area contributed by atoms with Crippen LogP contribution in [0.15, 0.2) is 0 Å². The molecule has 0 saturated heterocycles. The summed E-state index contributed by atoms with van der Waals surface area (Å²) in [4.78, 5) is 0. The van der Waals surface area contributed by atoms with Crippen LogP contribution in [-0.2, 0) is 12.8 Å². The predicted molar refractivity (Wildman–Crippen MR) is 135 cm³/mol. The van der Waals surface area contributed by atoms with Crippen LogP contribution in [0.25, 0.3) is 0 Å². The number of nitrogens with one attached hydrogen (secondary N) is 1. The number of nitrogens with zero attached hydrogens (tertiary/aromatic N) is 6. The summed E-state index contributed by atoms with van der Waals surface area (Å²) in [7, 11) is 0. The number of aromatic nitrogens is 4. The van der Waals surface area contributed by atoms with Crippen molar-refractivity contribution in [2.24, 2.45) is 11.6 Å². The summed E-state index contributed by atoms with van der Waals surface area (Å²) in [6, 6.07) is 4.12. The maximum absolute atomic E-state index is 8.11. The molecule has 178 valence electrons. The van der Waals surface area contributed by atoms with Gasteiger partial charge in [0.2, 0.25) is 10.3 Å². The Balaban J connectivity index is 0. The summed E-state index contributed by atoms with van der Waals surface area (Å²) < 4.78 is 0. The molecule has 0 unspecified atom stereocenters. The molecule has 0 aromatic carbocycles. The van der Waals surface area contributed by atoms with E-state index in [1.54, 1.807) is 0 Å². The van der Waals surface area contributed by atoms with Crippen LogP contribution < -0.4 is 28.5 Å². The molecule has 0 atom stereocenters. The van der Waals surface area contributed by atoms with E-state index in [0.29, 0.717) is 23.1 Å². The molecule has 2 heterocycles. The van der Waals surface area contributed by atoms with Crippen LogP contribution in [0.2, 0.25) is 0 Å². The Labute approximate surface area is 203 Å².